The minimum atomic E-state index is 0.383. The molecule has 2 rings (SSSR count). The second kappa shape index (κ2) is 5.85. The Hall–Kier alpha value is -1.19. The molecule has 0 saturated carbocycles. The van der Waals surface area contributed by atoms with Crippen LogP contribution in [0, 0.1) is 6.92 Å². The Morgan fingerprint density at radius 3 is 2.42 bits per heavy atom. The summed E-state index contributed by atoms with van der Waals surface area (Å²) in [6.07, 6.45) is 0. The van der Waals surface area contributed by atoms with E-state index < -0.39 is 0 Å². The molecule has 3 heteroatoms. The summed E-state index contributed by atoms with van der Waals surface area (Å²) in [7, 11) is 2.01. The summed E-state index contributed by atoms with van der Waals surface area (Å²) in [6.45, 7) is 8.79. The fourth-order valence-electron chi connectivity index (χ4n) is 2.34. The first-order valence-electron chi connectivity index (χ1n) is 6.76. The molecule has 1 atom stereocenters. The Morgan fingerprint density at radius 1 is 1.16 bits per heavy atom. The number of nitrogens with zero attached hydrogens (tertiary/aromatic N) is 1. The number of rotatable bonds is 4. The van der Waals surface area contributed by atoms with Crippen LogP contribution in [0.15, 0.2) is 23.7 Å². The van der Waals surface area contributed by atoms with E-state index >= 15 is 0 Å². The van der Waals surface area contributed by atoms with Gasteiger partial charge in [0.15, 0.2) is 0 Å². The van der Waals surface area contributed by atoms with E-state index in [0.29, 0.717) is 12.0 Å². The zero-order valence-electron chi connectivity index (χ0n) is 12.3. The first kappa shape index (κ1) is 14.2. The molecule has 19 heavy (non-hydrogen) atoms. The van der Waals surface area contributed by atoms with Gasteiger partial charge in [0, 0.05) is 6.04 Å². The molecule has 0 fully saturated rings. The van der Waals surface area contributed by atoms with Crippen molar-refractivity contribution in [2.24, 2.45) is 0 Å². The Morgan fingerprint density at radius 2 is 1.89 bits per heavy atom. The highest BCUT2D eigenvalue weighted by Crippen LogP contribution is 2.33. The van der Waals surface area contributed by atoms with E-state index in [0.717, 1.165) is 5.69 Å². The summed E-state index contributed by atoms with van der Waals surface area (Å²) >= 11 is 1.72. The van der Waals surface area contributed by atoms with E-state index in [2.05, 4.69) is 56.2 Å². The van der Waals surface area contributed by atoms with Crippen molar-refractivity contribution >= 4 is 11.3 Å². The smallest absolute Gasteiger partial charge is 0.0801 e. The van der Waals surface area contributed by atoms with Crippen molar-refractivity contribution < 1.29 is 0 Å². The van der Waals surface area contributed by atoms with Crippen molar-refractivity contribution in [1.29, 1.82) is 0 Å². The van der Waals surface area contributed by atoms with Crippen LogP contribution in [-0.4, -0.2) is 12.0 Å². The summed E-state index contributed by atoms with van der Waals surface area (Å²) < 4.78 is 0. The van der Waals surface area contributed by atoms with Gasteiger partial charge < -0.3 is 5.32 Å². The van der Waals surface area contributed by atoms with Crippen molar-refractivity contribution in [3.63, 3.8) is 0 Å². The van der Waals surface area contributed by atoms with Crippen molar-refractivity contribution in [3.05, 3.63) is 40.5 Å². The lowest BCUT2D eigenvalue weighted by molar-refractivity contribution is 0.638. The molecule has 0 amide bonds. The number of aromatic nitrogens is 1. The van der Waals surface area contributed by atoms with Crippen molar-refractivity contribution in [2.45, 2.75) is 39.7 Å². The van der Waals surface area contributed by atoms with Gasteiger partial charge in [0.2, 0.25) is 0 Å². The predicted molar refractivity (Wildman–Crippen MR) is 83.9 cm³/mol. The van der Waals surface area contributed by atoms with Gasteiger partial charge >= 0.3 is 0 Å². The van der Waals surface area contributed by atoms with Gasteiger partial charge in [-0.1, -0.05) is 26.0 Å². The van der Waals surface area contributed by atoms with Crippen LogP contribution in [0.3, 0.4) is 0 Å². The van der Waals surface area contributed by atoms with Gasteiger partial charge in [0.25, 0.3) is 0 Å². The van der Waals surface area contributed by atoms with Crippen LogP contribution in [0.1, 0.15) is 49.6 Å². The molecule has 1 aromatic carbocycles. The maximum absolute atomic E-state index is 4.35. The second-order valence-electron chi connectivity index (χ2n) is 5.28. The molecule has 1 heterocycles. The SMILES string of the molecule is CNC(C)c1ccc(-c2scnc2C)cc1C(C)C. The number of thiazole rings is 1. The van der Waals surface area contributed by atoms with E-state index in [4.69, 9.17) is 0 Å². The van der Waals surface area contributed by atoms with Gasteiger partial charge in [0.05, 0.1) is 16.1 Å². The van der Waals surface area contributed by atoms with E-state index in [9.17, 15) is 0 Å². The summed E-state index contributed by atoms with van der Waals surface area (Å²) in [5, 5.41) is 3.33. The molecular weight excluding hydrogens is 252 g/mol. The fourth-order valence-corrected chi connectivity index (χ4v) is 3.15. The Bertz CT molecular complexity index is 558. The number of aryl methyl sites for hydroxylation is 1. The molecular formula is C16H22N2S. The van der Waals surface area contributed by atoms with Crippen molar-refractivity contribution in [1.82, 2.24) is 10.3 Å². The lowest BCUT2D eigenvalue weighted by Crippen LogP contribution is -2.14. The average molecular weight is 274 g/mol. The Labute approximate surface area is 119 Å². The third-order valence-corrected chi connectivity index (χ3v) is 4.59. The third kappa shape index (κ3) is 2.88. The molecule has 0 aliphatic carbocycles. The van der Waals surface area contributed by atoms with Crippen LogP contribution in [0.4, 0.5) is 0 Å². The largest absolute Gasteiger partial charge is 0.313 e. The van der Waals surface area contributed by atoms with Gasteiger partial charge in [-0.05, 0) is 49.6 Å². The molecule has 102 valence electrons. The van der Waals surface area contributed by atoms with Gasteiger partial charge in [0.1, 0.15) is 0 Å². The molecule has 1 unspecified atom stereocenters. The number of nitrogens with one attached hydrogen (secondary N) is 1. The number of benzene rings is 1. The standard InChI is InChI=1S/C16H22N2S/c1-10(2)15-8-13(16-12(4)18-9-19-16)6-7-14(15)11(3)17-5/h6-11,17H,1-5H3. The van der Waals surface area contributed by atoms with E-state index in [-0.39, 0.29) is 0 Å². The zero-order chi connectivity index (χ0) is 14.0. The quantitative estimate of drug-likeness (QED) is 0.886. The Balaban J connectivity index is 2.51. The fraction of sp³-hybridized carbons (Fsp3) is 0.438. The first-order chi connectivity index (χ1) is 9.04. The van der Waals surface area contributed by atoms with Crippen molar-refractivity contribution in [2.75, 3.05) is 7.05 Å². The molecule has 1 aromatic heterocycles. The molecule has 0 aliphatic rings. The molecule has 0 bridgehead atoms. The van der Waals surface area contributed by atoms with E-state index in [1.54, 1.807) is 11.3 Å². The topological polar surface area (TPSA) is 24.9 Å². The highest BCUT2D eigenvalue weighted by Gasteiger charge is 2.14. The third-order valence-electron chi connectivity index (χ3n) is 3.62. The maximum atomic E-state index is 4.35. The van der Waals surface area contributed by atoms with Crippen molar-refractivity contribution in [3.8, 4) is 10.4 Å². The van der Waals surface area contributed by atoms with Crippen LogP contribution in [0.25, 0.3) is 10.4 Å². The van der Waals surface area contributed by atoms with Crippen LogP contribution >= 0.6 is 11.3 Å². The van der Waals surface area contributed by atoms with Gasteiger partial charge in [-0.25, -0.2) is 4.98 Å². The van der Waals surface area contributed by atoms with E-state index in [1.807, 2.05) is 12.6 Å². The second-order valence-corrected chi connectivity index (χ2v) is 6.13. The molecule has 0 spiro atoms. The number of hydrogen-bond acceptors (Lipinski definition) is 3. The molecule has 2 nitrogen and oxygen atoms in total. The molecule has 2 aromatic rings. The minimum Gasteiger partial charge on any atom is -0.313 e. The maximum Gasteiger partial charge on any atom is 0.0801 e. The highest BCUT2D eigenvalue weighted by molar-refractivity contribution is 7.13. The summed E-state index contributed by atoms with van der Waals surface area (Å²) in [6, 6.07) is 7.18. The summed E-state index contributed by atoms with van der Waals surface area (Å²) in [4.78, 5) is 5.63. The first-order valence-corrected chi connectivity index (χ1v) is 7.64. The summed E-state index contributed by atoms with van der Waals surface area (Å²) in [5.41, 5.74) is 7.14. The molecule has 0 radical (unpaired) electrons. The predicted octanol–water partition coefficient (Wildman–Crippen LogP) is 4.52. The van der Waals surface area contributed by atoms with Gasteiger partial charge in [-0.3, -0.25) is 0 Å². The van der Waals surface area contributed by atoms with Gasteiger partial charge in [-0.2, -0.15) is 0 Å². The lowest BCUT2D eigenvalue weighted by atomic mass is 9.91. The summed E-state index contributed by atoms with van der Waals surface area (Å²) in [5.74, 6) is 0.527. The monoisotopic (exact) mass is 274 g/mol. The Kier molecular flexibility index (Phi) is 4.38. The average Bonchev–Trinajstić information content (AvgIpc) is 2.83. The van der Waals surface area contributed by atoms with Crippen LogP contribution in [-0.2, 0) is 0 Å². The molecule has 1 N–H and O–H groups in total. The lowest BCUT2D eigenvalue weighted by Gasteiger charge is -2.19. The highest BCUT2D eigenvalue weighted by atomic mass is 32.1. The van der Waals surface area contributed by atoms with Gasteiger partial charge in [-0.15, -0.1) is 11.3 Å². The molecule has 0 saturated heterocycles. The van der Waals surface area contributed by atoms with Crippen LogP contribution in [0.2, 0.25) is 0 Å². The van der Waals surface area contributed by atoms with E-state index in [1.165, 1.54) is 21.6 Å². The molecule has 0 aliphatic heterocycles. The minimum absolute atomic E-state index is 0.383. The van der Waals surface area contributed by atoms with Crippen LogP contribution in [0.5, 0.6) is 0 Å². The normalized spacial score (nSPS) is 12.9. The van der Waals surface area contributed by atoms with Crippen LogP contribution < -0.4 is 5.32 Å². The number of hydrogen-bond donors (Lipinski definition) is 1. The zero-order valence-corrected chi connectivity index (χ0v) is 13.1.